The van der Waals surface area contributed by atoms with Crippen molar-refractivity contribution < 1.29 is 0 Å². The largest absolute Gasteiger partial charge is 0.314 e. The zero-order valence-electron chi connectivity index (χ0n) is 12.8. The van der Waals surface area contributed by atoms with Gasteiger partial charge in [-0.15, -0.1) is 0 Å². The molecule has 106 valence electrons. The minimum absolute atomic E-state index is 0.693. The highest BCUT2D eigenvalue weighted by atomic mass is 14.9. The van der Waals surface area contributed by atoms with E-state index in [0.29, 0.717) is 6.04 Å². The highest BCUT2D eigenvalue weighted by Crippen LogP contribution is 2.39. The molecule has 3 atom stereocenters. The molecule has 1 nitrogen and oxygen atoms in total. The van der Waals surface area contributed by atoms with E-state index >= 15 is 0 Å². The SMILES string of the molecule is CCCNC(CC1Cc2ccccc21)C(C)CCC. The van der Waals surface area contributed by atoms with Crippen LogP contribution in [0, 0.1) is 5.92 Å². The van der Waals surface area contributed by atoms with E-state index in [0.717, 1.165) is 18.4 Å². The number of fused-ring (bicyclic) bond motifs is 1. The second-order valence-corrected chi connectivity index (χ2v) is 6.16. The number of nitrogens with one attached hydrogen (secondary N) is 1. The molecule has 0 fully saturated rings. The van der Waals surface area contributed by atoms with Crippen LogP contribution < -0.4 is 5.32 Å². The molecule has 3 unspecified atom stereocenters. The summed E-state index contributed by atoms with van der Waals surface area (Å²) in [6.07, 6.45) is 6.48. The minimum Gasteiger partial charge on any atom is -0.314 e. The molecule has 0 saturated carbocycles. The van der Waals surface area contributed by atoms with Gasteiger partial charge in [-0.05, 0) is 55.2 Å². The van der Waals surface area contributed by atoms with E-state index in [-0.39, 0.29) is 0 Å². The normalized spacial score (nSPS) is 20.5. The van der Waals surface area contributed by atoms with Crippen LogP contribution >= 0.6 is 0 Å². The molecule has 1 aromatic rings. The highest BCUT2D eigenvalue weighted by Gasteiger charge is 2.29. The van der Waals surface area contributed by atoms with Crippen molar-refractivity contribution >= 4 is 0 Å². The summed E-state index contributed by atoms with van der Waals surface area (Å²) in [4.78, 5) is 0. The van der Waals surface area contributed by atoms with E-state index < -0.39 is 0 Å². The molecule has 0 bridgehead atoms. The number of hydrogen-bond acceptors (Lipinski definition) is 1. The summed E-state index contributed by atoms with van der Waals surface area (Å²) in [6.45, 7) is 8.13. The molecule has 1 heteroatoms. The summed E-state index contributed by atoms with van der Waals surface area (Å²) in [6, 6.07) is 9.66. The molecule has 0 saturated heterocycles. The van der Waals surface area contributed by atoms with Gasteiger partial charge in [-0.2, -0.15) is 0 Å². The molecular weight excluding hydrogens is 230 g/mol. The van der Waals surface area contributed by atoms with Gasteiger partial charge >= 0.3 is 0 Å². The van der Waals surface area contributed by atoms with Gasteiger partial charge < -0.3 is 5.32 Å². The van der Waals surface area contributed by atoms with Crippen LogP contribution in [0.3, 0.4) is 0 Å². The van der Waals surface area contributed by atoms with Gasteiger partial charge in [0, 0.05) is 6.04 Å². The van der Waals surface area contributed by atoms with Crippen LogP contribution in [0.2, 0.25) is 0 Å². The summed E-state index contributed by atoms with van der Waals surface area (Å²) in [5.74, 6) is 1.59. The number of benzene rings is 1. The van der Waals surface area contributed by atoms with Crippen LogP contribution in [0.15, 0.2) is 24.3 Å². The molecule has 1 aliphatic rings. The van der Waals surface area contributed by atoms with Crippen molar-refractivity contribution in [2.45, 2.75) is 64.8 Å². The average molecular weight is 259 g/mol. The Hall–Kier alpha value is -0.820. The molecule has 1 N–H and O–H groups in total. The van der Waals surface area contributed by atoms with Crippen molar-refractivity contribution in [1.82, 2.24) is 5.32 Å². The second kappa shape index (κ2) is 7.09. The quantitative estimate of drug-likeness (QED) is 0.723. The highest BCUT2D eigenvalue weighted by molar-refractivity contribution is 5.39. The van der Waals surface area contributed by atoms with Gasteiger partial charge in [0.15, 0.2) is 0 Å². The Morgan fingerprint density at radius 3 is 2.68 bits per heavy atom. The first kappa shape index (κ1) is 14.6. The third kappa shape index (κ3) is 3.60. The zero-order chi connectivity index (χ0) is 13.7. The topological polar surface area (TPSA) is 12.0 Å². The molecule has 0 spiro atoms. The van der Waals surface area contributed by atoms with Gasteiger partial charge in [-0.1, -0.05) is 51.5 Å². The summed E-state index contributed by atoms with van der Waals surface area (Å²) >= 11 is 0. The van der Waals surface area contributed by atoms with E-state index in [2.05, 4.69) is 50.4 Å². The lowest BCUT2D eigenvalue weighted by atomic mass is 9.73. The predicted molar refractivity (Wildman–Crippen MR) is 83.7 cm³/mol. The van der Waals surface area contributed by atoms with Crippen LogP contribution in [0.5, 0.6) is 0 Å². The number of hydrogen-bond donors (Lipinski definition) is 1. The summed E-state index contributed by atoms with van der Waals surface area (Å²) in [5.41, 5.74) is 3.18. The Balaban J connectivity index is 1.93. The van der Waals surface area contributed by atoms with Gasteiger partial charge in [-0.25, -0.2) is 0 Å². The van der Waals surface area contributed by atoms with Gasteiger partial charge in [0.05, 0.1) is 0 Å². The Morgan fingerprint density at radius 2 is 2.00 bits per heavy atom. The molecule has 19 heavy (non-hydrogen) atoms. The van der Waals surface area contributed by atoms with Crippen molar-refractivity contribution in [2.24, 2.45) is 5.92 Å². The Kier molecular flexibility index (Phi) is 5.45. The maximum Gasteiger partial charge on any atom is 0.00986 e. The molecular formula is C18H29N. The van der Waals surface area contributed by atoms with Gasteiger partial charge in [0.25, 0.3) is 0 Å². The van der Waals surface area contributed by atoms with Crippen molar-refractivity contribution in [3.63, 3.8) is 0 Å². The fourth-order valence-electron chi connectivity index (χ4n) is 3.38. The van der Waals surface area contributed by atoms with Crippen LogP contribution in [0.25, 0.3) is 0 Å². The lowest BCUT2D eigenvalue weighted by Gasteiger charge is -2.35. The van der Waals surface area contributed by atoms with Crippen LogP contribution in [-0.2, 0) is 6.42 Å². The summed E-state index contributed by atoms with van der Waals surface area (Å²) in [5, 5.41) is 3.78. The van der Waals surface area contributed by atoms with E-state index in [9.17, 15) is 0 Å². The van der Waals surface area contributed by atoms with E-state index in [1.807, 2.05) is 0 Å². The van der Waals surface area contributed by atoms with Crippen molar-refractivity contribution in [1.29, 1.82) is 0 Å². The van der Waals surface area contributed by atoms with Crippen molar-refractivity contribution in [3.8, 4) is 0 Å². The maximum absolute atomic E-state index is 3.78. The third-order valence-electron chi connectivity index (χ3n) is 4.59. The first-order chi connectivity index (χ1) is 9.26. The second-order valence-electron chi connectivity index (χ2n) is 6.16. The summed E-state index contributed by atoms with van der Waals surface area (Å²) < 4.78 is 0. The van der Waals surface area contributed by atoms with Gasteiger partial charge in [0.2, 0.25) is 0 Å². The lowest BCUT2D eigenvalue weighted by Crippen LogP contribution is -2.38. The van der Waals surface area contributed by atoms with Crippen molar-refractivity contribution in [2.75, 3.05) is 6.54 Å². The zero-order valence-corrected chi connectivity index (χ0v) is 12.8. The number of rotatable bonds is 8. The van der Waals surface area contributed by atoms with Crippen LogP contribution in [0.1, 0.15) is 63.5 Å². The summed E-state index contributed by atoms with van der Waals surface area (Å²) in [7, 11) is 0. The molecule has 1 aliphatic carbocycles. The third-order valence-corrected chi connectivity index (χ3v) is 4.59. The van der Waals surface area contributed by atoms with Gasteiger partial charge in [-0.3, -0.25) is 0 Å². The lowest BCUT2D eigenvalue weighted by molar-refractivity contribution is 0.309. The molecule has 0 aromatic heterocycles. The monoisotopic (exact) mass is 259 g/mol. The first-order valence-electron chi connectivity index (χ1n) is 8.07. The van der Waals surface area contributed by atoms with E-state index in [1.54, 1.807) is 11.1 Å². The molecule has 0 aliphatic heterocycles. The van der Waals surface area contributed by atoms with Crippen molar-refractivity contribution in [3.05, 3.63) is 35.4 Å². The van der Waals surface area contributed by atoms with E-state index in [1.165, 1.54) is 32.1 Å². The standard InChI is InChI=1S/C18H29N/c1-4-8-14(3)18(19-11-5-2)13-16-12-15-9-6-7-10-17(15)16/h6-7,9-10,14,16,18-19H,4-5,8,11-13H2,1-3H3. The first-order valence-corrected chi connectivity index (χ1v) is 8.07. The predicted octanol–water partition coefficient (Wildman–Crippen LogP) is 4.52. The smallest absolute Gasteiger partial charge is 0.00986 e. The minimum atomic E-state index is 0.693. The van der Waals surface area contributed by atoms with Crippen LogP contribution in [0.4, 0.5) is 0 Å². The molecule has 2 rings (SSSR count). The molecule has 0 radical (unpaired) electrons. The Bertz CT molecular complexity index is 385. The fourth-order valence-corrected chi connectivity index (χ4v) is 3.38. The Labute approximate surface area is 118 Å². The van der Waals surface area contributed by atoms with E-state index in [4.69, 9.17) is 0 Å². The maximum atomic E-state index is 3.78. The Morgan fingerprint density at radius 1 is 1.21 bits per heavy atom. The van der Waals surface area contributed by atoms with Gasteiger partial charge in [0.1, 0.15) is 0 Å². The average Bonchev–Trinajstić information content (AvgIpc) is 2.39. The fraction of sp³-hybridized carbons (Fsp3) is 0.667. The molecule has 0 heterocycles. The molecule has 0 amide bonds. The molecule has 1 aromatic carbocycles. The van der Waals surface area contributed by atoms with Crippen LogP contribution in [-0.4, -0.2) is 12.6 Å².